The van der Waals surface area contributed by atoms with Crippen molar-refractivity contribution >= 4 is 21.6 Å². The van der Waals surface area contributed by atoms with Gasteiger partial charge >= 0.3 is 0 Å². The number of aromatic nitrogens is 2. The first-order valence-electron chi connectivity index (χ1n) is 7.11. The minimum absolute atomic E-state index is 0.0131. The van der Waals surface area contributed by atoms with Crippen LogP contribution >= 0.6 is 11.3 Å². The van der Waals surface area contributed by atoms with Crippen LogP contribution in [0.3, 0.4) is 0 Å². The van der Waals surface area contributed by atoms with Crippen LogP contribution in [0.4, 0.5) is 0 Å². The molecule has 22 heavy (non-hydrogen) atoms. The van der Waals surface area contributed by atoms with Crippen LogP contribution in [0, 0.1) is 18.3 Å². The molecule has 3 rings (SSSR count). The van der Waals surface area contributed by atoms with E-state index < -0.39 is 0 Å². The fourth-order valence-corrected chi connectivity index (χ4v) is 3.45. The van der Waals surface area contributed by atoms with E-state index in [4.69, 9.17) is 5.26 Å². The maximum Gasteiger partial charge on any atom is 0.262 e. The fraction of sp³-hybridized carbons (Fsp3) is 0.235. The Kier molecular flexibility index (Phi) is 3.78. The summed E-state index contributed by atoms with van der Waals surface area (Å²) < 4.78 is 1.67. The Bertz CT molecular complexity index is 947. The molecule has 0 unspecified atom stereocenters. The highest BCUT2D eigenvalue weighted by atomic mass is 32.1. The SMILES string of the molecule is CCc1cc2c(=O)n(Cc3cccc(C#N)c3)c(C)nc2s1. The fourth-order valence-electron chi connectivity index (χ4n) is 2.45. The Morgan fingerprint density at radius 1 is 1.36 bits per heavy atom. The minimum atomic E-state index is -0.0131. The van der Waals surface area contributed by atoms with E-state index in [2.05, 4.69) is 18.0 Å². The number of hydrogen-bond donors (Lipinski definition) is 0. The van der Waals surface area contributed by atoms with Crippen LogP contribution in [-0.4, -0.2) is 9.55 Å². The molecule has 5 heteroatoms. The standard InChI is InChI=1S/C17H15N3OS/c1-3-14-8-15-16(22-14)19-11(2)20(17(15)21)10-13-6-4-5-12(7-13)9-18/h4-8H,3,10H2,1-2H3. The lowest BCUT2D eigenvalue weighted by molar-refractivity contribution is 0.713. The summed E-state index contributed by atoms with van der Waals surface area (Å²) in [4.78, 5) is 19.2. The van der Waals surface area contributed by atoms with E-state index in [1.807, 2.05) is 25.1 Å². The van der Waals surface area contributed by atoms with Crippen molar-refractivity contribution in [3.05, 3.63) is 62.5 Å². The number of nitriles is 1. The molecule has 0 amide bonds. The van der Waals surface area contributed by atoms with Crippen LogP contribution in [0.2, 0.25) is 0 Å². The molecule has 0 aliphatic rings. The van der Waals surface area contributed by atoms with Gasteiger partial charge in [-0.1, -0.05) is 19.1 Å². The molecule has 4 nitrogen and oxygen atoms in total. The highest BCUT2D eigenvalue weighted by Crippen LogP contribution is 2.22. The minimum Gasteiger partial charge on any atom is -0.292 e. The lowest BCUT2D eigenvalue weighted by Crippen LogP contribution is -2.23. The summed E-state index contributed by atoms with van der Waals surface area (Å²) in [7, 11) is 0. The summed E-state index contributed by atoms with van der Waals surface area (Å²) >= 11 is 1.58. The maximum atomic E-state index is 12.7. The number of thiophene rings is 1. The van der Waals surface area contributed by atoms with E-state index >= 15 is 0 Å². The van der Waals surface area contributed by atoms with Crippen LogP contribution in [0.15, 0.2) is 35.1 Å². The van der Waals surface area contributed by atoms with E-state index in [1.165, 1.54) is 4.88 Å². The molecule has 0 aliphatic heterocycles. The van der Waals surface area contributed by atoms with E-state index in [9.17, 15) is 4.79 Å². The van der Waals surface area contributed by atoms with Crippen LogP contribution in [0.25, 0.3) is 10.2 Å². The molecule has 0 fully saturated rings. The van der Waals surface area contributed by atoms with Gasteiger partial charge in [-0.25, -0.2) is 4.98 Å². The smallest absolute Gasteiger partial charge is 0.262 e. The molecular weight excluding hydrogens is 294 g/mol. The van der Waals surface area contributed by atoms with Gasteiger partial charge in [-0.2, -0.15) is 5.26 Å². The number of nitrogens with zero attached hydrogens (tertiary/aromatic N) is 3. The van der Waals surface area contributed by atoms with Crippen molar-refractivity contribution < 1.29 is 0 Å². The second-order valence-electron chi connectivity index (χ2n) is 5.15. The second-order valence-corrected chi connectivity index (χ2v) is 6.26. The van der Waals surface area contributed by atoms with Crippen molar-refractivity contribution in [3.8, 4) is 6.07 Å². The normalized spacial score (nSPS) is 10.8. The summed E-state index contributed by atoms with van der Waals surface area (Å²) in [6.07, 6.45) is 0.906. The molecule has 0 radical (unpaired) electrons. The number of hydrogen-bond acceptors (Lipinski definition) is 4. The highest BCUT2D eigenvalue weighted by molar-refractivity contribution is 7.18. The van der Waals surface area contributed by atoms with Crippen LogP contribution in [-0.2, 0) is 13.0 Å². The van der Waals surface area contributed by atoms with Gasteiger partial charge in [-0.3, -0.25) is 9.36 Å². The quantitative estimate of drug-likeness (QED) is 0.746. The Balaban J connectivity index is 2.10. The van der Waals surface area contributed by atoms with E-state index in [-0.39, 0.29) is 5.56 Å². The van der Waals surface area contributed by atoms with Crippen LogP contribution in [0.1, 0.15) is 28.8 Å². The van der Waals surface area contributed by atoms with Crippen molar-refractivity contribution in [3.63, 3.8) is 0 Å². The van der Waals surface area contributed by atoms with Gasteiger partial charge in [0.1, 0.15) is 10.7 Å². The van der Waals surface area contributed by atoms with E-state index in [0.29, 0.717) is 23.3 Å². The molecule has 0 aliphatic carbocycles. The zero-order chi connectivity index (χ0) is 15.7. The third-order valence-corrected chi connectivity index (χ3v) is 4.81. The summed E-state index contributed by atoms with van der Waals surface area (Å²) in [6.45, 7) is 4.35. The maximum absolute atomic E-state index is 12.7. The van der Waals surface area contributed by atoms with E-state index in [0.717, 1.165) is 16.8 Å². The molecule has 2 aromatic heterocycles. The summed E-state index contributed by atoms with van der Waals surface area (Å²) in [6, 6.07) is 11.4. The third-order valence-electron chi connectivity index (χ3n) is 3.64. The van der Waals surface area contributed by atoms with Gasteiger partial charge in [0.05, 0.1) is 23.6 Å². The first-order chi connectivity index (χ1) is 10.6. The average Bonchev–Trinajstić information content (AvgIpc) is 2.95. The van der Waals surface area contributed by atoms with E-state index in [1.54, 1.807) is 28.0 Å². The molecule has 0 atom stereocenters. The van der Waals surface area contributed by atoms with Crippen molar-refractivity contribution in [2.24, 2.45) is 0 Å². The predicted octanol–water partition coefficient (Wildman–Crippen LogP) is 3.25. The van der Waals surface area contributed by atoms with Gasteiger partial charge in [0, 0.05) is 4.88 Å². The number of aryl methyl sites for hydroxylation is 2. The van der Waals surface area contributed by atoms with Gasteiger partial charge < -0.3 is 0 Å². The first kappa shape index (κ1) is 14.5. The van der Waals surface area contributed by atoms with Gasteiger partial charge in [0.15, 0.2) is 0 Å². The summed E-state index contributed by atoms with van der Waals surface area (Å²) in [5.74, 6) is 0.698. The van der Waals surface area contributed by atoms with Gasteiger partial charge in [0.25, 0.3) is 5.56 Å². The molecule has 1 aromatic carbocycles. The number of rotatable bonds is 3. The topological polar surface area (TPSA) is 58.7 Å². The second kappa shape index (κ2) is 5.74. The molecule has 0 spiro atoms. The monoisotopic (exact) mass is 309 g/mol. The predicted molar refractivity (Wildman–Crippen MR) is 88.3 cm³/mol. The van der Waals surface area contributed by atoms with Crippen LogP contribution in [0.5, 0.6) is 0 Å². The number of benzene rings is 1. The zero-order valence-corrected chi connectivity index (χ0v) is 13.3. The third kappa shape index (κ3) is 2.53. The van der Waals surface area contributed by atoms with Gasteiger partial charge in [0.2, 0.25) is 0 Å². The molecule has 0 N–H and O–H groups in total. The summed E-state index contributed by atoms with van der Waals surface area (Å²) in [5, 5.41) is 9.66. The van der Waals surface area contributed by atoms with Crippen molar-refractivity contribution in [1.82, 2.24) is 9.55 Å². The molecule has 0 bridgehead atoms. The van der Waals surface area contributed by atoms with Crippen molar-refractivity contribution in [2.75, 3.05) is 0 Å². The molecule has 2 heterocycles. The van der Waals surface area contributed by atoms with Gasteiger partial charge in [-0.15, -0.1) is 11.3 Å². The summed E-state index contributed by atoms with van der Waals surface area (Å²) in [5.41, 5.74) is 1.51. The first-order valence-corrected chi connectivity index (χ1v) is 7.93. The highest BCUT2D eigenvalue weighted by Gasteiger charge is 2.11. The lowest BCUT2D eigenvalue weighted by Gasteiger charge is -2.09. The molecule has 0 saturated carbocycles. The van der Waals surface area contributed by atoms with Crippen molar-refractivity contribution in [1.29, 1.82) is 5.26 Å². The average molecular weight is 309 g/mol. The van der Waals surface area contributed by atoms with Crippen molar-refractivity contribution in [2.45, 2.75) is 26.8 Å². The molecule has 0 saturated heterocycles. The lowest BCUT2D eigenvalue weighted by atomic mass is 10.1. The molecular formula is C17H15N3OS. The number of fused-ring (bicyclic) bond motifs is 1. The Hall–Kier alpha value is -2.45. The van der Waals surface area contributed by atoms with Crippen LogP contribution < -0.4 is 5.56 Å². The Morgan fingerprint density at radius 3 is 2.91 bits per heavy atom. The van der Waals surface area contributed by atoms with Gasteiger partial charge in [-0.05, 0) is 37.1 Å². The Morgan fingerprint density at radius 2 is 2.18 bits per heavy atom. The molecule has 3 aromatic rings. The largest absolute Gasteiger partial charge is 0.292 e. The zero-order valence-electron chi connectivity index (χ0n) is 12.5. The Labute approximate surface area is 132 Å². The molecule has 110 valence electrons.